The summed E-state index contributed by atoms with van der Waals surface area (Å²) in [6, 6.07) is -1.67. The van der Waals surface area contributed by atoms with Crippen LogP contribution in [0.15, 0.2) is 0 Å². The maximum Gasteiger partial charge on any atom is 0.0890 e. The van der Waals surface area contributed by atoms with E-state index in [-0.39, 0.29) is 0 Å². The lowest BCUT2D eigenvalue weighted by Crippen LogP contribution is -2.54. The molecule has 0 aromatic rings. The first-order valence-electron chi connectivity index (χ1n) is 2.55. The number of hydrogen-bond acceptors (Lipinski definition) is 5. The standard InChI is InChI=1S/C5H9NO4/c1-6(2)3(4(7)8)5(9)10/h3H,1-2H3,(H,7,8)(H,9,10)/p-2. The fourth-order valence-corrected chi connectivity index (χ4v) is 0.518. The smallest absolute Gasteiger partial charge is 0.0890 e. The molecule has 0 spiro atoms. The van der Waals surface area contributed by atoms with Crippen molar-refractivity contribution < 1.29 is 19.8 Å². The van der Waals surface area contributed by atoms with Crippen molar-refractivity contribution in [3.8, 4) is 0 Å². The number of carboxylic acids is 2. The molecule has 0 aromatic heterocycles. The molecule has 0 aliphatic carbocycles. The minimum Gasteiger partial charge on any atom is -0.548 e. The van der Waals surface area contributed by atoms with Gasteiger partial charge in [0.2, 0.25) is 0 Å². The Bertz CT molecular complexity index is 140. The van der Waals surface area contributed by atoms with E-state index in [0.29, 0.717) is 0 Å². The van der Waals surface area contributed by atoms with Crippen LogP contribution in [0, 0.1) is 0 Å². The van der Waals surface area contributed by atoms with Crippen LogP contribution in [0.3, 0.4) is 0 Å². The molecular weight excluding hydrogens is 138 g/mol. The highest BCUT2D eigenvalue weighted by Gasteiger charge is 2.12. The van der Waals surface area contributed by atoms with E-state index in [9.17, 15) is 19.8 Å². The maximum absolute atomic E-state index is 10.0. The van der Waals surface area contributed by atoms with Gasteiger partial charge in [-0.2, -0.15) is 0 Å². The zero-order valence-electron chi connectivity index (χ0n) is 5.66. The van der Waals surface area contributed by atoms with Gasteiger partial charge in [0, 0.05) is 0 Å². The maximum atomic E-state index is 10.0. The second-order valence-electron chi connectivity index (χ2n) is 2.00. The third-order valence-electron chi connectivity index (χ3n) is 0.963. The lowest BCUT2D eigenvalue weighted by Gasteiger charge is -2.25. The molecular formula is C5H7NO4-2. The van der Waals surface area contributed by atoms with Crippen LogP contribution in [-0.4, -0.2) is 37.0 Å². The van der Waals surface area contributed by atoms with Crippen molar-refractivity contribution in [3.63, 3.8) is 0 Å². The van der Waals surface area contributed by atoms with Crippen molar-refractivity contribution in [3.05, 3.63) is 0 Å². The van der Waals surface area contributed by atoms with Crippen LogP contribution in [-0.2, 0) is 9.59 Å². The summed E-state index contributed by atoms with van der Waals surface area (Å²) in [5.41, 5.74) is 0. The number of likely N-dealkylation sites (N-methyl/N-ethyl adjacent to an activating group) is 1. The van der Waals surface area contributed by atoms with E-state index in [1.807, 2.05) is 0 Å². The molecule has 0 saturated carbocycles. The fourth-order valence-electron chi connectivity index (χ4n) is 0.518. The molecule has 0 unspecified atom stereocenters. The van der Waals surface area contributed by atoms with Crippen molar-refractivity contribution >= 4 is 11.9 Å². The molecule has 58 valence electrons. The van der Waals surface area contributed by atoms with Crippen LogP contribution in [0.25, 0.3) is 0 Å². The van der Waals surface area contributed by atoms with E-state index in [2.05, 4.69) is 0 Å². The molecule has 0 N–H and O–H groups in total. The Kier molecular flexibility index (Phi) is 2.82. The molecule has 0 bridgehead atoms. The predicted molar refractivity (Wildman–Crippen MR) is 27.5 cm³/mol. The number of aliphatic carboxylic acids is 2. The van der Waals surface area contributed by atoms with Crippen LogP contribution in [0.2, 0.25) is 0 Å². The van der Waals surface area contributed by atoms with E-state index in [0.717, 1.165) is 4.90 Å². The quantitative estimate of drug-likeness (QED) is 0.383. The lowest BCUT2D eigenvalue weighted by molar-refractivity contribution is -0.330. The van der Waals surface area contributed by atoms with Crippen molar-refractivity contribution in [2.24, 2.45) is 0 Å². The van der Waals surface area contributed by atoms with Gasteiger partial charge in [0.05, 0.1) is 18.0 Å². The first-order valence-corrected chi connectivity index (χ1v) is 2.55. The number of hydrogen-bond donors (Lipinski definition) is 0. The summed E-state index contributed by atoms with van der Waals surface area (Å²) in [7, 11) is 2.63. The topological polar surface area (TPSA) is 83.5 Å². The fraction of sp³-hybridized carbons (Fsp3) is 0.600. The van der Waals surface area contributed by atoms with Gasteiger partial charge < -0.3 is 19.8 Å². The lowest BCUT2D eigenvalue weighted by atomic mass is 10.3. The monoisotopic (exact) mass is 145 g/mol. The summed E-state index contributed by atoms with van der Waals surface area (Å²) in [5, 5.41) is 20.0. The zero-order chi connectivity index (χ0) is 8.31. The van der Waals surface area contributed by atoms with E-state index >= 15 is 0 Å². The number of carboxylic acid groups (broad SMARTS) is 2. The molecule has 0 atom stereocenters. The summed E-state index contributed by atoms with van der Waals surface area (Å²) in [6.45, 7) is 0. The summed E-state index contributed by atoms with van der Waals surface area (Å²) in [6.07, 6.45) is 0. The number of rotatable bonds is 3. The second-order valence-corrected chi connectivity index (χ2v) is 2.00. The van der Waals surface area contributed by atoms with Crippen molar-refractivity contribution in [2.75, 3.05) is 14.1 Å². The first-order chi connectivity index (χ1) is 4.46. The van der Waals surface area contributed by atoms with Gasteiger partial charge in [-0.25, -0.2) is 0 Å². The highest BCUT2D eigenvalue weighted by Crippen LogP contribution is 1.87. The molecule has 0 amide bonds. The average Bonchev–Trinajstić information content (AvgIpc) is 1.59. The van der Waals surface area contributed by atoms with Crippen LogP contribution < -0.4 is 10.2 Å². The molecule has 5 nitrogen and oxygen atoms in total. The van der Waals surface area contributed by atoms with Crippen LogP contribution in [0.1, 0.15) is 0 Å². The Balaban J connectivity index is 4.27. The summed E-state index contributed by atoms with van der Waals surface area (Å²) >= 11 is 0. The third-order valence-corrected chi connectivity index (χ3v) is 0.963. The zero-order valence-corrected chi connectivity index (χ0v) is 5.66. The van der Waals surface area contributed by atoms with Gasteiger partial charge >= 0.3 is 0 Å². The number of nitrogens with zero attached hydrogens (tertiary/aromatic N) is 1. The summed E-state index contributed by atoms with van der Waals surface area (Å²) in [5.74, 6) is -3.32. The van der Waals surface area contributed by atoms with E-state index in [1.54, 1.807) is 0 Å². The van der Waals surface area contributed by atoms with Crippen molar-refractivity contribution in [1.82, 2.24) is 4.90 Å². The van der Waals surface area contributed by atoms with E-state index in [4.69, 9.17) is 0 Å². The molecule has 0 fully saturated rings. The first kappa shape index (κ1) is 8.90. The highest BCUT2D eigenvalue weighted by atomic mass is 16.4. The molecule has 0 aliphatic rings. The Morgan fingerprint density at radius 2 is 1.50 bits per heavy atom. The molecule has 0 rings (SSSR count). The van der Waals surface area contributed by atoms with Gasteiger partial charge in [-0.05, 0) is 14.1 Å². The highest BCUT2D eigenvalue weighted by molar-refractivity contribution is 5.95. The third kappa shape index (κ3) is 2.02. The van der Waals surface area contributed by atoms with Crippen LogP contribution >= 0.6 is 0 Å². The minimum atomic E-state index is -1.67. The number of carbonyl (C=O) groups excluding carboxylic acids is 2. The molecule has 0 radical (unpaired) electrons. The van der Waals surface area contributed by atoms with Gasteiger partial charge in [0.1, 0.15) is 0 Å². The van der Waals surface area contributed by atoms with Gasteiger partial charge in [-0.15, -0.1) is 0 Å². The SMILES string of the molecule is CN(C)C(C(=O)[O-])C(=O)[O-]. The Morgan fingerprint density at radius 3 is 1.50 bits per heavy atom. The molecule has 0 aliphatic heterocycles. The van der Waals surface area contributed by atoms with E-state index in [1.165, 1.54) is 14.1 Å². The Hall–Kier alpha value is -1.10. The molecule has 0 heterocycles. The van der Waals surface area contributed by atoms with Gasteiger partial charge in [-0.3, -0.25) is 4.90 Å². The molecule has 0 saturated heterocycles. The van der Waals surface area contributed by atoms with Crippen LogP contribution in [0.5, 0.6) is 0 Å². The average molecular weight is 145 g/mol. The normalized spacial score (nSPS) is 10.4. The summed E-state index contributed by atoms with van der Waals surface area (Å²) < 4.78 is 0. The van der Waals surface area contributed by atoms with Crippen molar-refractivity contribution in [1.29, 1.82) is 0 Å². The van der Waals surface area contributed by atoms with E-state index < -0.39 is 18.0 Å². The molecule has 0 aromatic carbocycles. The second kappa shape index (κ2) is 3.17. The van der Waals surface area contributed by atoms with Crippen molar-refractivity contribution in [2.45, 2.75) is 6.04 Å². The predicted octanol–water partition coefficient (Wildman–Crippen LogP) is -3.58. The van der Waals surface area contributed by atoms with Crippen LogP contribution in [0.4, 0.5) is 0 Å². The minimum absolute atomic E-state index is 0.991. The molecule has 10 heavy (non-hydrogen) atoms. The largest absolute Gasteiger partial charge is 0.548 e. The Labute approximate surface area is 57.9 Å². The number of carbonyl (C=O) groups is 2. The van der Waals surface area contributed by atoms with Gasteiger partial charge in [-0.1, -0.05) is 0 Å². The molecule has 5 heteroatoms. The van der Waals surface area contributed by atoms with Gasteiger partial charge in [0.15, 0.2) is 0 Å². The van der Waals surface area contributed by atoms with Gasteiger partial charge in [0.25, 0.3) is 0 Å². The Morgan fingerprint density at radius 1 is 1.20 bits per heavy atom. The summed E-state index contributed by atoms with van der Waals surface area (Å²) in [4.78, 5) is 21.0.